The summed E-state index contributed by atoms with van der Waals surface area (Å²) in [6.07, 6.45) is 5.49. The molecule has 0 bridgehead atoms. The zero-order chi connectivity index (χ0) is 16.7. The van der Waals surface area contributed by atoms with Gasteiger partial charge in [-0.25, -0.2) is 9.97 Å². The first-order chi connectivity index (χ1) is 11.6. The monoisotopic (exact) mass is 324 g/mol. The van der Waals surface area contributed by atoms with Crippen LogP contribution in [0.25, 0.3) is 0 Å². The lowest BCUT2D eigenvalue weighted by atomic mass is 9.95. The number of aryl methyl sites for hydroxylation is 1. The summed E-state index contributed by atoms with van der Waals surface area (Å²) in [7, 11) is 0. The largest absolute Gasteiger partial charge is 0.492 e. The number of ether oxygens (including phenoxy) is 2. The van der Waals surface area contributed by atoms with Gasteiger partial charge in [-0.05, 0) is 31.4 Å². The third-order valence-corrected chi connectivity index (χ3v) is 4.59. The van der Waals surface area contributed by atoms with E-state index in [9.17, 15) is 0 Å². The maximum absolute atomic E-state index is 6.01. The second kappa shape index (κ2) is 5.49. The lowest BCUT2D eigenvalue weighted by Gasteiger charge is -2.13. The SMILES string of the molecule is C=C(CN)Nc1cnc(Oc2ccc(C)c3c2C2(CC2)CO3)cn1. The van der Waals surface area contributed by atoms with E-state index in [2.05, 4.69) is 28.8 Å². The molecule has 2 aromatic rings. The number of hydrogen-bond acceptors (Lipinski definition) is 6. The minimum absolute atomic E-state index is 0.143. The van der Waals surface area contributed by atoms with Crippen LogP contribution in [0.2, 0.25) is 0 Å². The Morgan fingerprint density at radius 1 is 1.38 bits per heavy atom. The van der Waals surface area contributed by atoms with E-state index in [1.807, 2.05) is 12.1 Å². The molecule has 0 atom stereocenters. The maximum Gasteiger partial charge on any atom is 0.237 e. The first-order valence-corrected chi connectivity index (χ1v) is 8.03. The van der Waals surface area contributed by atoms with E-state index in [0.29, 0.717) is 23.9 Å². The molecule has 1 spiro atoms. The number of benzene rings is 1. The normalized spacial score (nSPS) is 16.4. The van der Waals surface area contributed by atoms with Crippen LogP contribution in [-0.2, 0) is 5.41 Å². The van der Waals surface area contributed by atoms with Crippen molar-refractivity contribution >= 4 is 5.82 Å². The molecular formula is C18H20N4O2. The van der Waals surface area contributed by atoms with Crippen molar-refractivity contribution in [3.63, 3.8) is 0 Å². The van der Waals surface area contributed by atoms with Gasteiger partial charge in [-0.15, -0.1) is 0 Å². The number of anilines is 1. The minimum Gasteiger partial charge on any atom is -0.492 e. The minimum atomic E-state index is 0.143. The fraction of sp³-hybridized carbons (Fsp3) is 0.333. The van der Waals surface area contributed by atoms with Crippen LogP contribution in [0.1, 0.15) is 24.0 Å². The van der Waals surface area contributed by atoms with Gasteiger partial charge in [-0.3, -0.25) is 0 Å². The van der Waals surface area contributed by atoms with Gasteiger partial charge in [0.1, 0.15) is 17.3 Å². The Morgan fingerprint density at radius 3 is 2.88 bits per heavy atom. The molecule has 1 aliphatic carbocycles. The summed E-state index contributed by atoms with van der Waals surface area (Å²) in [6.45, 7) is 6.94. The van der Waals surface area contributed by atoms with Gasteiger partial charge in [-0.2, -0.15) is 0 Å². The molecule has 6 nitrogen and oxygen atoms in total. The smallest absolute Gasteiger partial charge is 0.237 e. The predicted octanol–water partition coefficient (Wildman–Crippen LogP) is 2.89. The molecule has 1 fully saturated rings. The third kappa shape index (κ3) is 2.49. The van der Waals surface area contributed by atoms with E-state index < -0.39 is 0 Å². The van der Waals surface area contributed by atoms with E-state index >= 15 is 0 Å². The predicted molar refractivity (Wildman–Crippen MR) is 91.5 cm³/mol. The van der Waals surface area contributed by atoms with Crippen LogP contribution in [0.5, 0.6) is 17.4 Å². The van der Waals surface area contributed by atoms with Crippen LogP contribution in [0.15, 0.2) is 36.8 Å². The summed E-state index contributed by atoms with van der Waals surface area (Å²) in [6, 6.07) is 4.01. The van der Waals surface area contributed by atoms with E-state index in [1.165, 1.54) is 5.56 Å². The first-order valence-electron chi connectivity index (χ1n) is 8.03. The molecule has 24 heavy (non-hydrogen) atoms. The lowest BCUT2D eigenvalue weighted by molar-refractivity contribution is 0.322. The molecule has 4 rings (SSSR count). The standard InChI is InChI=1S/C18H20N4O2/c1-11-3-4-13(16-17(11)23-10-18(16)5-6-18)24-15-9-20-14(8-21-15)22-12(2)7-19/h3-4,8-9H,2,5-7,10,19H2,1H3,(H,20,22). The van der Waals surface area contributed by atoms with E-state index in [0.717, 1.165) is 36.5 Å². The average molecular weight is 324 g/mol. The van der Waals surface area contributed by atoms with Gasteiger partial charge in [0.2, 0.25) is 5.88 Å². The second-order valence-electron chi connectivity index (χ2n) is 6.43. The van der Waals surface area contributed by atoms with Gasteiger partial charge < -0.3 is 20.5 Å². The van der Waals surface area contributed by atoms with Gasteiger partial charge >= 0.3 is 0 Å². The van der Waals surface area contributed by atoms with Crippen LogP contribution < -0.4 is 20.5 Å². The van der Waals surface area contributed by atoms with Gasteiger partial charge in [0.05, 0.1) is 19.0 Å². The maximum atomic E-state index is 6.01. The number of aromatic nitrogens is 2. The molecule has 1 saturated carbocycles. The van der Waals surface area contributed by atoms with Crippen molar-refractivity contribution in [1.82, 2.24) is 9.97 Å². The average Bonchev–Trinajstić information content (AvgIpc) is 3.26. The van der Waals surface area contributed by atoms with Gasteiger partial charge in [-0.1, -0.05) is 12.6 Å². The summed E-state index contributed by atoms with van der Waals surface area (Å²) in [5.74, 6) is 2.82. The highest BCUT2D eigenvalue weighted by Gasteiger charge is 2.53. The second-order valence-corrected chi connectivity index (χ2v) is 6.43. The summed E-state index contributed by atoms with van der Waals surface area (Å²) in [5.41, 5.74) is 8.66. The van der Waals surface area contributed by atoms with Crippen molar-refractivity contribution < 1.29 is 9.47 Å². The summed E-state index contributed by atoms with van der Waals surface area (Å²) in [5, 5.41) is 2.99. The van der Waals surface area contributed by atoms with Crippen LogP contribution in [0, 0.1) is 6.92 Å². The number of nitrogens with one attached hydrogen (secondary N) is 1. The van der Waals surface area contributed by atoms with Crippen LogP contribution >= 0.6 is 0 Å². The van der Waals surface area contributed by atoms with Gasteiger partial charge in [0.15, 0.2) is 0 Å². The van der Waals surface area contributed by atoms with E-state index in [1.54, 1.807) is 12.4 Å². The molecule has 0 amide bonds. The number of rotatable bonds is 5. The molecule has 3 N–H and O–H groups in total. The molecule has 1 aromatic heterocycles. The van der Waals surface area contributed by atoms with Crippen molar-refractivity contribution in [1.29, 1.82) is 0 Å². The Balaban J connectivity index is 1.59. The van der Waals surface area contributed by atoms with Gasteiger partial charge in [0.25, 0.3) is 0 Å². The molecule has 1 aromatic carbocycles. The molecule has 1 aliphatic heterocycles. The molecular weight excluding hydrogens is 304 g/mol. The quantitative estimate of drug-likeness (QED) is 0.880. The zero-order valence-electron chi connectivity index (χ0n) is 13.6. The van der Waals surface area contributed by atoms with Gasteiger partial charge in [0, 0.05) is 23.2 Å². The highest BCUT2D eigenvalue weighted by Crippen LogP contribution is 2.59. The van der Waals surface area contributed by atoms with E-state index in [4.69, 9.17) is 15.2 Å². The Kier molecular flexibility index (Phi) is 3.42. The molecule has 2 aliphatic rings. The topological polar surface area (TPSA) is 82.3 Å². The zero-order valence-corrected chi connectivity index (χ0v) is 13.6. The Hall–Kier alpha value is -2.60. The Bertz CT molecular complexity index is 797. The summed E-state index contributed by atoms with van der Waals surface area (Å²) in [4.78, 5) is 8.59. The van der Waals surface area contributed by atoms with E-state index in [-0.39, 0.29) is 5.41 Å². The number of hydrogen-bond donors (Lipinski definition) is 2. The lowest BCUT2D eigenvalue weighted by Crippen LogP contribution is -2.11. The number of nitrogens with zero attached hydrogens (tertiary/aromatic N) is 2. The molecule has 2 heterocycles. The van der Waals surface area contributed by atoms with Crippen LogP contribution in [0.3, 0.4) is 0 Å². The molecule has 0 saturated heterocycles. The summed E-state index contributed by atoms with van der Waals surface area (Å²) < 4.78 is 11.9. The Labute approximate surface area is 140 Å². The highest BCUT2D eigenvalue weighted by atomic mass is 16.5. The molecule has 124 valence electrons. The first kappa shape index (κ1) is 15.0. The Morgan fingerprint density at radius 2 is 2.21 bits per heavy atom. The fourth-order valence-electron chi connectivity index (χ4n) is 3.05. The molecule has 6 heteroatoms. The molecule has 0 radical (unpaired) electrons. The number of nitrogens with two attached hydrogens (primary N) is 1. The fourth-order valence-corrected chi connectivity index (χ4v) is 3.05. The van der Waals surface area contributed by atoms with Crippen molar-refractivity contribution in [3.05, 3.63) is 47.9 Å². The van der Waals surface area contributed by atoms with Crippen molar-refractivity contribution in [2.45, 2.75) is 25.2 Å². The molecule has 0 unspecified atom stereocenters. The van der Waals surface area contributed by atoms with Crippen molar-refractivity contribution in [2.75, 3.05) is 18.5 Å². The van der Waals surface area contributed by atoms with Crippen LogP contribution in [-0.4, -0.2) is 23.1 Å². The third-order valence-electron chi connectivity index (χ3n) is 4.59. The number of fused-ring (bicyclic) bond motifs is 2. The van der Waals surface area contributed by atoms with Crippen LogP contribution in [0.4, 0.5) is 5.82 Å². The summed E-state index contributed by atoms with van der Waals surface area (Å²) >= 11 is 0. The van der Waals surface area contributed by atoms with Crippen molar-refractivity contribution in [2.24, 2.45) is 5.73 Å². The van der Waals surface area contributed by atoms with Crippen molar-refractivity contribution in [3.8, 4) is 17.4 Å². The highest BCUT2D eigenvalue weighted by molar-refractivity contribution is 5.59.